The van der Waals surface area contributed by atoms with Gasteiger partial charge in [-0.3, -0.25) is 0 Å². The Morgan fingerprint density at radius 1 is 0.436 bits per heavy atom. The van der Waals surface area contributed by atoms with Gasteiger partial charge in [0, 0.05) is 11.1 Å². The summed E-state index contributed by atoms with van der Waals surface area (Å²) in [6, 6.07) is 29.7. The summed E-state index contributed by atoms with van der Waals surface area (Å²) in [7, 11) is -2.06. The molecule has 0 nitrogen and oxygen atoms in total. The van der Waals surface area contributed by atoms with Crippen LogP contribution in [0.4, 0.5) is 0 Å². The highest BCUT2D eigenvalue weighted by molar-refractivity contribution is 6.82. The van der Waals surface area contributed by atoms with Crippen molar-refractivity contribution in [2.45, 2.75) is 155 Å². The van der Waals surface area contributed by atoms with Gasteiger partial charge in [0.1, 0.15) is 0 Å². The van der Waals surface area contributed by atoms with Crippen molar-refractivity contribution < 1.29 is 0 Å². The monoisotopic (exact) mass is 745 g/mol. The minimum absolute atomic E-state index is 0.0864. The number of hydrogen-bond donors (Lipinski definition) is 0. The van der Waals surface area contributed by atoms with Gasteiger partial charge in [-0.15, -0.1) is 0 Å². The Bertz CT molecular complexity index is 2010. The Morgan fingerprint density at radius 3 is 1.02 bits per heavy atom. The van der Waals surface area contributed by atoms with Gasteiger partial charge in [-0.25, -0.2) is 0 Å². The molecular weight excluding hydrogens is 677 g/mol. The molecule has 8 rings (SSSR count). The second-order valence-corrected chi connectivity index (χ2v) is 27.5. The van der Waals surface area contributed by atoms with E-state index in [0.29, 0.717) is 11.1 Å². The number of hydrogen-bond acceptors (Lipinski definition) is 0. The average molecular weight is 745 g/mol. The molecule has 0 aromatic heterocycles. The molecule has 4 aromatic rings. The summed E-state index contributed by atoms with van der Waals surface area (Å²) in [5.41, 5.74) is 22.6. The lowest BCUT2D eigenvalue weighted by Gasteiger charge is -2.40. The molecule has 1 heteroatoms. The van der Waals surface area contributed by atoms with E-state index in [9.17, 15) is 0 Å². The van der Waals surface area contributed by atoms with Crippen LogP contribution in [0.1, 0.15) is 164 Å². The summed E-state index contributed by atoms with van der Waals surface area (Å²) in [5.74, 6) is 1.47. The van der Waals surface area contributed by atoms with E-state index in [1.54, 1.807) is 22.3 Å². The third-order valence-corrected chi connectivity index (χ3v) is 18.0. The Labute approximate surface area is 336 Å². The summed E-state index contributed by atoms with van der Waals surface area (Å²) in [5, 5.41) is 0. The van der Waals surface area contributed by atoms with Gasteiger partial charge in [0.05, 0.1) is 8.07 Å². The molecular formula is C54H68Si. The van der Waals surface area contributed by atoms with Gasteiger partial charge in [0.2, 0.25) is 0 Å². The Morgan fingerprint density at radius 2 is 0.745 bits per heavy atom. The quantitative estimate of drug-likeness (QED) is 0.173. The highest BCUT2D eigenvalue weighted by atomic mass is 28.3. The highest BCUT2D eigenvalue weighted by Crippen LogP contribution is 2.61. The number of benzene rings is 4. The molecule has 4 aliphatic rings. The predicted molar refractivity (Wildman–Crippen MR) is 243 cm³/mol. The van der Waals surface area contributed by atoms with Crippen molar-refractivity contribution in [1.82, 2.24) is 0 Å². The van der Waals surface area contributed by atoms with E-state index in [2.05, 4.69) is 181 Å². The first-order chi connectivity index (χ1) is 25.5. The molecule has 55 heavy (non-hydrogen) atoms. The standard InChI is InChI=1S/C54H68Si/c1-51(2,3)37-25-35(26-38(29-37)52(4,5)6)41-17-15-19-43-47(41)31-45(33-21-22-33)49(43)55(13,14)50-44-20-16-18-42(48(44)32-46(50)34-23-24-34)36-27-39(53(7,8)9)30-40(28-36)54(10,11)12/h15-20,25-34,49-50H,21-24H2,1-14H3. The van der Waals surface area contributed by atoms with E-state index in [1.165, 1.54) is 81.3 Å². The highest BCUT2D eigenvalue weighted by Gasteiger charge is 2.53. The summed E-state index contributed by atoms with van der Waals surface area (Å²) >= 11 is 0. The van der Waals surface area contributed by atoms with Gasteiger partial charge in [-0.2, -0.15) is 0 Å². The predicted octanol–water partition coefficient (Wildman–Crippen LogP) is 15.5. The second kappa shape index (κ2) is 12.8. The fourth-order valence-corrected chi connectivity index (χ4v) is 14.8. The molecule has 0 amide bonds. The van der Waals surface area contributed by atoms with Crippen LogP contribution in [-0.4, -0.2) is 8.07 Å². The molecule has 0 bridgehead atoms. The largest absolute Gasteiger partial charge is 0.0722 e. The zero-order valence-corrected chi connectivity index (χ0v) is 37.7. The maximum absolute atomic E-state index is 2.77. The molecule has 0 saturated heterocycles. The van der Waals surface area contributed by atoms with Gasteiger partial charge in [-0.05, 0) is 126 Å². The van der Waals surface area contributed by atoms with E-state index in [1.807, 2.05) is 0 Å². The van der Waals surface area contributed by atoms with Crippen molar-refractivity contribution in [2.24, 2.45) is 11.8 Å². The third kappa shape index (κ3) is 7.00. The first-order valence-electron chi connectivity index (χ1n) is 21.5. The van der Waals surface area contributed by atoms with Crippen molar-refractivity contribution in [3.8, 4) is 22.3 Å². The first-order valence-corrected chi connectivity index (χ1v) is 24.7. The zero-order chi connectivity index (χ0) is 39.6. The van der Waals surface area contributed by atoms with E-state index in [0.717, 1.165) is 11.8 Å². The average Bonchev–Trinajstić information content (AvgIpc) is 4.03. The maximum Gasteiger partial charge on any atom is 0.0722 e. The molecule has 2 saturated carbocycles. The third-order valence-electron chi connectivity index (χ3n) is 13.7. The van der Waals surface area contributed by atoms with Gasteiger partial charge in [0.15, 0.2) is 0 Å². The van der Waals surface area contributed by atoms with Crippen molar-refractivity contribution in [3.05, 3.63) is 128 Å². The Hall–Kier alpha value is -3.42. The fourth-order valence-electron chi connectivity index (χ4n) is 10.0. The van der Waals surface area contributed by atoms with Crippen LogP contribution < -0.4 is 0 Å². The van der Waals surface area contributed by atoms with Crippen LogP contribution >= 0.6 is 0 Å². The summed E-state index contributed by atoms with van der Waals surface area (Å²) in [6.45, 7) is 33.9. The second-order valence-electron chi connectivity index (χ2n) is 22.7. The maximum atomic E-state index is 2.77. The van der Waals surface area contributed by atoms with Crippen molar-refractivity contribution in [3.63, 3.8) is 0 Å². The lowest BCUT2D eigenvalue weighted by atomic mass is 9.78. The molecule has 0 radical (unpaired) electrons. The zero-order valence-electron chi connectivity index (χ0n) is 36.7. The number of fused-ring (bicyclic) bond motifs is 2. The normalized spacial score (nSPS) is 20.3. The minimum atomic E-state index is -2.06. The van der Waals surface area contributed by atoms with Crippen LogP contribution in [0.25, 0.3) is 34.4 Å². The van der Waals surface area contributed by atoms with Gasteiger partial charge in [0.25, 0.3) is 0 Å². The molecule has 4 aromatic carbocycles. The fraction of sp³-hybridized carbons (Fsp3) is 0.481. The summed E-state index contributed by atoms with van der Waals surface area (Å²) in [4.78, 5) is 0. The van der Waals surface area contributed by atoms with E-state index < -0.39 is 8.07 Å². The van der Waals surface area contributed by atoms with Gasteiger partial charge in [-0.1, -0.05) is 192 Å². The molecule has 2 atom stereocenters. The lowest BCUT2D eigenvalue weighted by molar-refractivity contribution is 0.568. The van der Waals surface area contributed by atoms with E-state index in [-0.39, 0.29) is 21.7 Å². The molecule has 0 aliphatic heterocycles. The van der Waals surface area contributed by atoms with Crippen LogP contribution in [0.2, 0.25) is 13.1 Å². The summed E-state index contributed by atoms with van der Waals surface area (Å²) in [6.07, 6.45) is 10.8. The molecule has 0 N–H and O–H groups in total. The van der Waals surface area contributed by atoms with Crippen LogP contribution in [-0.2, 0) is 21.7 Å². The summed E-state index contributed by atoms with van der Waals surface area (Å²) < 4.78 is 0. The molecule has 2 unspecified atom stereocenters. The Kier molecular flexibility index (Phi) is 8.94. The minimum Gasteiger partial charge on any atom is -0.0679 e. The molecule has 4 aliphatic carbocycles. The topological polar surface area (TPSA) is 0 Å². The van der Waals surface area contributed by atoms with E-state index in [4.69, 9.17) is 0 Å². The van der Waals surface area contributed by atoms with Crippen LogP contribution in [0.5, 0.6) is 0 Å². The van der Waals surface area contributed by atoms with Crippen molar-refractivity contribution >= 4 is 20.2 Å². The van der Waals surface area contributed by atoms with Crippen molar-refractivity contribution in [1.29, 1.82) is 0 Å². The van der Waals surface area contributed by atoms with Crippen LogP contribution in [0, 0.1) is 11.8 Å². The molecule has 288 valence electrons. The molecule has 0 heterocycles. The number of allylic oxidation sites excluding steroid dienone is 2. The first kappa shape index (κ1) is 38.5. The van der Waals surface area contributed by atoms with Crippen molar-refractivity contribution in [2.75, 3.05) is 0 Å². The van der Waals surface area contributed by atoms with E-state index >= 15 is 0 Å². The van der Waals surface area contributed by atoms with Gasteiger partial charge >= 0.3 is 0 Å². The smallest absolute Gasteiger partial charge is 0.0679 e. The van der Waals surface area contributed by atoms with Crippen LogP contribution in [0.3, 0.4) is 0 Å². The molecule has 0 spiro atoms. The SMILES string of the molecule is CC(C)(C)c1cc(-c2cccc3c2C=C(C2CC2)C3[Si](C)(C)C2C(C3CC3)=Cc3c(-c4cc(C(C)(C)C)cc(C(C)(C)C)c4)cccc32)cc(C(C)(C)C)c1. The van der Waals surface area contributed by atoms with Crippen LogP contribution in [0.15, 0.2) is 83.9 Å². The number of rotatable bonds is 6. The Balaban J connectivity index is 1.27. The lowest BCUT2D eigenvalue weighted by Crippen LogP contribution is -2.43. The van der Waals surface area contributed by atoms with Gasteiger partial charge < -0.3 is 0 Å². The molecule has 2 fully saturated rings.